The van der Waals surface area contributed by atoms with E-state index in [1.165, 1.54) is 0 Å². The lowest BCUT2D eigenvalue weighted by Gasteiger charge is -2.35. The van der Waals surface area contributed by atoms with Gasteiger partial charge in [0.1, 0.15) is 0 Å². The number of nitrogens with zero attached hydrogens (tertiary/aromatic N) is 1. The lowest BCUT2D eigenvalue weighted by molar-refractivity contribution is -0.139. The standard InChI is InChI=1S/C14H26N2O/c1-9-6-11(3)16(8-9)14(17)13-7-12(15)5-4-10(13)2/h9-13H,4-8,15H2,1-3H3. The van der Waals surface area contributed by atoms with Crippen LogP contribution in [0.3, 0.4) is 0 Å². The zero-order valence-corrected chi connectivity index (χ0v) is 11.4. The third kappa shape index (κ3) is 2.65. The SMILES string of the molecule is CC1CC(C)N(C(=O)C2CC(N)CCC2C)C1. The normalized spacial score (nSPS) is 42.8. The molecule has 2 N–H and O–H groups in total. The average molecular weight is 238 g/mol. The summed E-state index contributed by atoms with van der Waals surface area (Å²) < 4.78 is 0. The van der Waals surface area contributed by atoms with Gasteiger partial charge in [-0.2, -0.15) is 0 Å². The second kappa shape index (κ2) is 4.97. The molecule has 0 spiro atoms. The number of rotatable bonds is 1. The van der Waals surface area contributed by atoms with Gasteiger partial charge in [0.15, 0.2) is 0 Å². The quantitative estimate of drug-likeness (QED) is 0.759. The Labute approximate surface area is 105 Å². The van der Waals surface area contributed by atoms with Crippen molar-refractivity contribution < 1.29 is 4.79 Å². The van der Waals surface area contributed by atoms with Gasteiger partial charge in [-0.05, 0) is 44.4 Å². The second-order valence-corrected chi connectivity index (χ2v) is 6.34. The number of amides is 1. The Bertz CT molecular complexity index is 292. The summed E-state index contributed by atoms with van der Waals surface area (Å²) in [6, 6.07) is 0.651. The monoisotopic (exact) mass is 238 g/mol. The van der Waals surface area contributed by atoms with E-state index in [1.807, 2.05) is 0 Å². The van der Waals surface area contributed by atoms with E-state index >= 15 is 0 Å². The van der Waals surface area contributed by atoms with Crippen molar-refractivity contribution in [1.82, 2.24) is 4.90 Å². The van der Waals surface area contributed by atoms with Crippen LogP contribution in [0.2, 0.25) is 0 Å². The average Bonchev–Trinajstić information content (AvgIpc) is 2.60. The van der Waals surface area contributed by atoms with Gasteiger partial charge in [0.05, 0.1) is 0 Å². The summed E-state index contributed by atoms with van der Waals surface area (Å²) >= 11 is 0. The van der Waals surface area contributed by atoms with E-state index in [1.54, 1.807) is 0 Å². The van der Waals surface area contributed by atoms with E-state index in [0.717, 1.165) is 32.2 Å². The largest absolute Gasteiger partial charge is 0.339 e. The van der Waals surface area contributed by atoms with Crippen molar-refractivity contribution in [2.75, 3.05) is 6.54 Å². The Morgan fingerprint density at radius 3 is 2.47 bits per heavy atom. The fourth-order valence-electron chi connectivity index (χ4n) is 3.52. The Kier molecular flexibility index (Phi) is 3.76. The molecule has 5 atom stereocenters. The number of hydrogen-bond donors (Lipinski definition) is 1. The van der Waals surface area contributed by atoms with Crippen molar-refractivity contribution in [2.24, 2.45) is 23.5 Å². The number of carbonyl (C=O) groups is 1. The molecule has 3 heteroatoms. The maximum Gasteiger partial charge on any atom is 0.226 e. The molecule has 1 aliphatic carbocycles. The van der Waals surface area contributed by atoms with Crippen molar-refractivity contribution in [1.29, 1.82) is 0 Å². The van der Waals surface area contributed by atoms with E-state index in [2.05, 4.69) is 25.7 Å². The van der Waals surface area contributed by atoms with Crippen molar-refractivity contribution in [3.05, 3.63) is 0 Å². The van der Waals surface area contributed by atoms with Gasteiger partial charge in [0, 0.05) is 24.5 Å². The molecule has 1 saturated heterocycles. The number of nitrogens with two attached hydrogens (primary N) is 1. The molecule has 2 rings (SSSR count). The highest BCUT2D eigenvalue weighted by molar-refractivity contribution is 5.80. The molecule has 0 aromatic carbocycles. The summed E-state index contributed by atoms with van der Waals surface area (Å²) in [6.07, 6.45) is 4.22. The van der Waals surface area contributed by atoms with Crippen molar-refractivity contribution in [2.45, 2.75) is 58.5 Å². The zero-order chi connectivity index (χ0) is 12.6. The second-order valence-electron chi connectivity index (χ2n) is 6.34. The van der Waals surface area contributed by atoms with Crippen LogP contribution in [-0.4, -0.2) is 29.4 Å². The highest BCUT2D eigenvalue weighted by Crippen LogP contribution is 2.33. The molecule has 1 amide bonds. The van der Waals surface area contributed by atoms with Gasteiger partial charge in [-0.1, -0.05) is 13.8 Å². The van der Waals surface area contributed by atoms with Gasteiger partial charge in [0.25, 0.3) is 0 Å². The maximum absolute atomic E-state index is 12.6. The fraction of sp³-hybridized carbons (Fsp3) is 0.929. The molecule has 3 nitrogen and oxygen atoms in total. The molecule has 0 bridgehead atoms. The summed E-state index contributed by atoms with van der Waals surface area (Å²) in [5.74, 6) is 1.70. The lowest BCUT2D eigenvalue weighted by Crippen LogP contribution is -2.45. The highest BCUT2D eigenvalue weighted by atomic mass is 16.2. The molecule has 0 aromatic rings. The Morgan fingerprint density at radius 2 is 1.88 bits per heavy atom. The lowest BCUT2D eigenvalue weighted by atomic mass is 9.77. The van der Waals surface area contributed by atoms with Crippen LogP contribution in [-0.2, 0) is 4.79 Å². The first-order chi connectivity index (χ1) is 7.99. The summed E-state index contributed by atoms with van der Waals surface area (Å²) in [7, 11) is 0. The molecule has 2 fully saturated rings. The Balaban J connectivity index is 2.03. The van der Waals surface area contributed by atoms with Gasteiger partial charge >= 0.3 is 0 Å². The molecule has 98 valence electrons. The minimum atomic E-state index is 0.173. The van der Waals surface area contributed by atoms with Gasteiger partial charge in [-0.25, -0.2) is 0 Å². The molecular formula is C14H26N2O. The van der Waals surface area contributed by atoms with Crippen LogP contribution >= 0.6 is 0 Å². The number of hydrogen-bond acceptors (Lipinski definition) is 2. The minimum Gasteiger partial charge on any atom is -0.339 e. The Hall–Kier alpha value is -0.570. The topological polar surface area (TPSA) is 46.3 Å². The van der Waals surface area contributed by atoms with Gasteiger partial charge in [-0.15, -0.1) is 0 Å². The first-order valence-electron chi connectivity index (χ1n) is 7.05. The van der Waals surface area contributed by atoms with Crippen LogP contribution in [0.4, 0.5) is 0 Å². The van der Waals surface area contributed by atoms with E-state index < -0.39 is 0 Å². The molecule has 1 saturated carbocycles. The predicted octanol–water partition coefficient (Wildman–Crippen LogP) is 2.01. The van der Waals surface area contributed by atoms with Crippen LogP contribution in [0.1, 0.15) is 46.5 Å². The third-order valence-electron chi connectivity index (χ3n) is 4.62. The van der Waals surface area contributed by atoms with Crippen molar-refractivity contribution in [3.63, 3.8) is 0 Å². The van der Waals surface area contributed by atoms with Crippen molar-refractivity contribution in [3.8, 4) is 0 Å². The first-order valence-corrected chi connectivity index (χ1v) is 7.05. The van der Waals surface area contributed by atoms with E-state index in [-0.39, 0.29) is 12.0 Å². The van der Waals surface area contributed by atoms with Crippen LogP contribution in [0.25, 0.3) is 0 Å². The maximum atomic E-state index is 12.6. The van der Waals surface area contributed by atoms with Gasteiger partial charge in [0.2, 0.25) is 5.91 Å². The van der Waals surface area contributed by atoms with E-state index in [4.69, 9.17) is 5.73 Å². The Morgan fingerprint density at radius 1 is 1.18 bits per heavy atom. The molecule has 1 heterocycles. The molecule has 0 radical (unpaired) electrons. The summed E-state index contributed by atoms with van der Waals surface area (Å²) in [4.78, 5) is 14.7. The van der Waals surface area contributed by atoms with Crippen LogP contribution in [0.5, 0.6) is 0 Å². The van der Waals surface area contributed by atoms with Crippen LogP contribution < -0.4 is 5.73 Å². The summed E-state index contributed by atoms with van der Waals surface area (Å²) in [5.41, 5.74) is 6.02. The molecule has 5 unspecified atom stereocenters. The predicted molar refractivity (Wildman–Crippen MR) is 69.4 cm³/mol. The highest BCUT2D eigenvalue weighted by Gasteiger charge is 2.38. The minimum absolute atomic E-state index is 0.173. The molecular weight excluding hydrogens is 212 g/mol. The molecule has 17 heavy (non-hydrogen) atoms. The first kappa shape index (κ1) is 12.9. The zero-order valence-electron chi connectivity index (χ0n) is 11.4. The van der Waals surface area contributed by atoms with Crippen molar-refractivity contribution >= 4 is 5.91 Å². The van der Waals surface area contributed by atoms with Crippen LogP contribution in [0, 0.1) is 17.8 Å². The summed E-state index contributed by atoms with van der Waals surface area (Å²) in [5, 5.41) is 0. The van der Waals surface area contributed by atoms with E-state index in [0.29, 0.717) is 23.8 Å². The fourth-order valence-corrected chi connectivity index (χ4v) is 3.52. The van der Waals surface area contributed by atoms with Crippen LogP contribution in [0.15, 0.2) is 0 Å². The molecule has 0 aromatic heterocycles. The number of likely N-dealkylation sites (tertiary alicyclic amines) is 1. The smallest absolute Gasteiger partial charge is 0.226 e. The number of carbonyl (C=O) groups excluding carboxylic acids is 1. The summed E-state index contributed by atoms with van der Waals surface area (Å²) in [6.45, 7) is 7.56. The van der Waals surface area contributed by atoms with Gasteiger partial charge < -0.3 is 10.6 Å². The van der Waals surface area contributed by atoms with Gasteiger partial charge in [-0.3, -0.25) is 4.79 Å². The van der Waals surface area contributed by atoms with E-state index in [9.17, 15) is 4.79 Å². The molecule has 1 aliphatic heterocycles. The third-order valence-corrected chi connectivity index (χ3v) is 4.62. The molecule has 2 aliphatic rings.